The van der Waals surface area contributed by atoms with Gasteiger partial charge < -0.3 is 20.8 Å². The Balaban J connectivity index is 2.66. The van der Waals surface area contributed by atoms with Crippen LogP contribution in [0.25, 0.3) is 0 Å². The highest BCUT2D eigenvalue weighted by atomic mass is 127. The molecule has 0 fully saturated rings. The minimum atomic E-state index is -1.24. The van der Waals surface area contributed by atoms with Crippen molar-refractivity contribution in [3.63, 3.8) is 0 Å². The zero-order valence-corrected chi connectivity index (χ0v) is 11.8. The summed E-state index contributed by atoms with van der Waals surface area (Å²) in [4.78, 5) is 22.4. The lowest BCUT2D eigenvalue weighted by Gasteiger charge is -2.14. The maximum absolute atomic E-state index is 12.9. The molecule has 0 aliphatic rings. The number of aliphatic hydroxyl groups is 1. The Labute approximate surface area is 122 Å². The first-order chi connectivity index (χ1) is 8.93. The number of urea groups is 1. The van der Waals surface area contributed by atoms with Gasteiger partial charge in [-0.25, -0.2) is 14.0 Å². The van der Waals surface area contributed by atoms with Crippen LogP contribution in [0.15, 0.2) is 18.2 Å². The molecule has 1 rings (SSSR count). The Bertz CT molecular complexity index is 484. The number of carboxylic acid groups (broad SMARTS) is 1. The Morgan fingerprint density at radius 1 is 1.42 bits per heavy atom. The molecule has 0 aliphatic heterocycles. The fourth-order valence-corrected chi connectivity index (χ4v) is 1.91. The van der Waals surface area contributed by atoms with Gasteiger partial charge in [0.25, 0.3) is 0 Å². The Kier molecular flexibility index (Phi) is 5.96. The van der Waals surface area contributed by atoms with Crippen LogP contribution in [0.2, 0.25) is 0 Å². The second-order valence-electron chi connectivity index (χ2n) is 3.63. The molecule has 8 heteroatoms. The maximum Gasteiger partial charge on any atom is 0.326 e. The number of carboxylic acids is 1. The largest absolute Gasteiger partial charge is 0.480 e. The van der Waals surface area contributed by atoms with Crippen LogP contribution >= 0.6 is 22.6 Å². The van der Waals surface area contributed by atoms with Crippen LogP contribution in [-0.4, -0.2) is 34.9 Å². The van der Waals surface area contributed by atoms with Gasteiger partial charge in [-0.15, -0.1) is 0 Å². The monoisotopic (exact) mass is 382 g/mol. The summed E-state index contributed by atoms with van der Waals surface area (Å²) in [6, 6.07) is 1.88. The number of rotatable bonds is 5. The third-order valence-corrected chi connectivity index (χ3v) is 3.09. The van der Waals surface area contributed by atoms with Gasteiger partial charge in [-0.3, -0.25) is 0 Å². The average molecular weight is 382 g/mol. The van der Waals surface area contributed by atoms with Crippen LogP contribution in [0.1, 0.15) is 6.42 Å². The van der Waals surface area contributed by atoms with E-state index in [4.69, 9.17) is 10.2 Å². The van der Waals surface area contributed by atoms with Crippen molar-refractivity contribution >= 4 is 40.3 Å². The predicted molar refractivity (Wildman–Crippen MR) is 74.4 cm³/mol. The molecule has 0 bridgehead atoms. The number of anilines is 1. The number of halogens is 2. The zero-order valence-electron chi connectivity index (χ0n) is 9.69. The van der Waals surface area contributed by atoms with Crippen molar-refractivity contribution < 1.29 is 24.2 Å². The van der Waals surface area contributed by atoms with E-state index in [9.17, 15) is 14.0 Å². The van der Waals surface area contributed by atoms with Crippen LogP contribution in [-0.2, 0) is 4.79 Å². The fraction of sp³-hybridized carbons (Fsp3) is 0.273. The van der Waals surface area contributed by atoms with Gasteiger partial charge in [0.1, 0.15) is 11.9 Å². The third-order valence-electron chi connectivity index (χ3n) is 2.20. The summed E-state index contributed by atoms with van der Waals surface area (Å²) in [6.45, 7) is -0.356. The maximum atomic E-state index is 12.9. The van der Waals surface area contributed by atoms with Crippen molar-refractivity contribution in [3.8, 4) is 0 Å². The molecule has 1 aromatic rings. The summed E-state index contributed by atoms with van der Waals surface area (Å²) in [5.74, 6) is -1.67. The Morgan fingerprint density at radius 2 is 2.11 bits per heavy atom. The van der Waals surface area contributed by atoms with Crippen LogP contribution in [0.4, 0.5) is 14.9 Å². The number of hydrogen-bond donors (Lipinski definition) is 4. The number of hydrogen-bond acceptors (Lipinski definition) is 3. The summed E-state index contributed by atoms with van der Waals surface area (Å²) in [7, 11) is 0. The van der Waals surface area contributed by atoms with Crippen LogP contribution in [0.3, 0.4) is 0 Å². The summed E-state index contributed by atoms with van der Waals surface area (Å²) < 4.78 is 13.4. The summed E-state index contributed by atoms with van der Waals surface area (Å²) in [6.07, 6.45) is -0.0940. The molecule has 1 aromatic carbocycles. The molecule has 6 nitrogen and oxygen atoms in total. The molecule has 0 spiro atoms. The van der Waals surface area contributed by atoms with Crippen molar-refractivity contribution in [1.82, 2.24) is 5.32 Å². The van der Waals surface area contributed by atoms with E-state index < -0.39 is 23.9 Å². The van der Waals surface area contributed by atoms with Crippen molar-refractivity contribution in [1.29, 1.82) is 0 Å². The number of aliphatic carboxylic acids is 1. The molecular formula is C11H12FIN2O4. The van der Waals surface area contributed by atoms with Crippen molar-refractivity contribution in [2.45, 2.75) is 12.5 Å². The second-order valence-corrected chi connectivity index (χ2v) is 4.79. The zero-order chi connectivity index (χ0) is 14.4. The Hall–Kier alpha value is -1.42. The molecule has 104 valence electrons. The van der Waals surface area contributed by atoms with Crippen molar-refractivity contribution in [2.75, 3.05) is 11.9 Å². The van der Waals surface area contributed by atoms with E-state index in [0.717, 1.165) is 0 Å². The molecule has 4 N–H and O–H groups in total. The summed E-state index contributed by atoms with van der Waals surface area (Å²) in [5.41, 5.74) is 0.368. The summed E-state index contributed by atoms with van der Waals surface area (Å²) >= 11 is 1.84. The first-order valence-corrected chi connectivity index (χ1v) is 6.38. The minimum absolute atomic E-state index is 0.0940. The van der Waals surface area contributed by atoms with Gasteiger partial charge in [0.05, 0.1) is 5.69 Å². The van der Waals surface area contributed by atoms with E-state index in [-0.39, 0.29) is 13.0 Å². The molecule has 1 atom stereocenters. The van der Waals surface area contributed by atoms with Crippen LogP contribution in [0.5, 0.6) is 0 Å². The molecule has 0 radical (unpaired) electrons. The molecule has 0 heterocycles. The molecule has 0 aliphatic carbocycles. The number of carbonyl (C=O) groups is 2. The average Bonchev–Trinajstić information content (AvgIpc) is 2.32. The van der Waals surface area contributed by atoms with Crippen molar-refractivity contribution in [2.24, 2.45) is 0 Å². The van der Waals surface area contributed by atoms with Gasteiger partial charge in [0.15, 0.2) is 0 Å². The second kappa shape index (κ2) is 7.24. The lowest BCUT2D eigenvalue weighted by molar-refractivity contribution is -0.139. The normalized spacial score (nSPS) is 11.7. The number of nitrogens with one attached hydrogen (secondary N) is 2. The molecule has 0 aromatic heterocycles. The van der Waals surface area contributed by atoms with Gasteiger partial charge >= 0.3 is 12.0 Å². The SMILES string of the molecule is O=C(Nc1ccc(F)cc1I)N[C@H](CCO)C(=O)O. The molecular weight excluding hydrogens is 370 g/mol. The van der Waals surface area contributed by atoms with Crippen LogP contribution < -0.4 is 10.6 Å². The van der Waals surface area contributed by atoms with Gasteiger partial charge in [-0.1, -0.05) is 0 Å². The third kappa shape index (κ3) is 4.99. The van der Waals surface area contributed by atoms with E-state index in [2.05, 4.69) is 10.6 Å². The van der Waals surface area contributed by atoms with E-state index >= 15 is 0 Å². The highest BCUT2D eigenvalue weighted by Gasteiger charge is 2.19. The van der Waals surface area contributed by atoms with Gasteiger partial charge in [-0.2, -0.15) is 0 Å². The Morgan fingerprint density at radius 3 is 2.63 bits per heavy atom. The van der Waals surface area contributed by atoms with E-state index in [0.29, 0.717) is 9.26 Å². The standard InChI is InChI=1S/C11H12FIN2O4/c12-6-1-2-8(7(13)5-6)14-11(19)15-9(3-4-16)10(17)18/h1-2,5,9,16H,3-4H2,(H,17,18)(H2,14,15,19)/t9-/m1/s1. The smallest absolute Gasteiger partial charge is 0.326 e. The topological polar surface area (TPSA) is 98.7 Å². The first kappa shape index (κ1) is 15.6. The number of benzene rings is 1. The molecule has 0 saturated carbocycles. The number of carbonyl (C=O) groups excluding carboxylic acids is 1. The first-order valence-electron chi connectivity index (χ1n) is 5.30. The molecule has 19 heavy (non-hydrogen) atoms. The number of aliphatic hydroxyl groups excluding tert-OH is 1. The van der Waals surface area contributed by atoms with E-state index in [1.807, 2.05) is 22.6 Å². The quantitative estimate of drug-likeness (QED) is 0.579. The molecule has 2 amide bonds. The highest BCUT2D eigenvalue weighted by molar-refractivity contribution is 14.1. The van der Waals surface area contributed by atoms with Gasteiger partial charge in [0.2, 0.25) is 0 Å². The van der Waals surface area contributed by atoms with E-state index in [1.54, 1.807) is 0 Å². The summed E-state index contributed by atoms with van der Waals surface area (Å²) in [5, 5.41) is 22.1. The van der Waals surface area contributed by atoms with Gasteiger partial charge in [-0.05, 0) is 40.8 Å². The van der Waals surface area contributed by atoms with Crippen LogP contribution in [0, 0.1) is 9.39 Å². The fourth-order valence-electron chi connectivity index (χ4n) is 1.29. The number of amides is 2. The molecule has 0 unspecified atom stereocenters. The van der Waals surface area contributed by atoms with E-state index in [1.165, 1.54) is 18.2 Å². The minimum Gasteiger partial charge on any atom is -0.480 e. The van der Waals surface area contributed by atoms with Gasteiger partial charge in [0, 0.05) is 16.6 Å². The molecule has 0 saturated heterocycles. The van der Waals surface area contributed by atoms with Crippen molar-refractivity contribution in [3.05, 3.63) is 27.6 Å². The lowest BCUT2D eigenvalue weighted by atomic mass is 10.2. The lowest BCUT2D eigenvalue weighted by Crippen LogP contribution is -2.43. The highest BCUT2D eigenvalue weighted by Crippen LogP contribution is 2.18. The predicted octanol–water partition coefficient (Wildman–Crippen LogP) is 1.39.